The number of nitrogens with one attached hydrogen (secondary N) is 2. The van der Waals surface area contributed by atoms with Crippen molar-refractivity contribution in [2.24, 2.45) is 7.05 Å². The molecule has 0 spiro atoms. The van der Waals surface area contributed by atoms with Crippen molar-refractivity contribution in [2.75, 3.05) is 5.32 Å². The third kappa shape index (κ3) is 4.80. The highest BCUT2D eigenvalue weighted by molar-refractivity contribution is 7.89. The SMILES string of the molecule is Cc1cccc(NC(=O)C(Cc2ccccc2)NS(=O)(=O)c2ccc3c(c2)oc(=O)n3C)c1C. The van der Waals surface area contributed by atoms with Crippen LogP contribution in [0.1, 0.15) is 16.7 Å². The maximum atomic E-state index is 13.2. The molecule has 0 aliphatic heterocycles. The van der Waals surface area contributed by atoms with Crippen LogP contribution in [0.15, 0.2) is 80.8 Å². The number of hydrogen-bond donors (Lipinski definition) is 2. The molecule has 2 N–H and O–H groups in total. The highest BCUT2D eigenvalue weighted by Crippen LogP contribution is 2.21. The van der Waals surface area contributed by atoms with E-state index >= 15 is 0 Å². The number of nitrogens with zero attached hydrogens (tertiary/aromatic N) is 1. The zero-order chi connectivity index (χ0) is 24.5. The molecule has 1 heterocycles. The predicted octanol–water partition coefficient (Wildman–Crippen LogP) is 3.28. The number of aryl methyl sites for hydroxylation is 2. The molecular formula is C25H25N3O5S. The average molecular weight is 480 g/mol. The van der Waals surface area contributed by atoms with Crippen LogP contribution in [0.25, 0.3) is 11.1 Å². The van der Waals surface area contributed by atoms with Gasteiger partial charge in [0.2, 0.25) is 15.9 Å². The molecule has 9 heteroatoms. The Hall–Kier alpha value is -3.69. The van der Waals surface area contributed by atoms with Crippen LogP contribution in [0.5, 0.6) is 0 Å². The molecule has 0 fully saturated rings. The molecule has 1 unspecified atom stereocenters. The second kappa shape index (κ2) is 9.28. The van der Waals surface area contributed by atoms with E-state index in [-0.39, 0.29) is 16.9 Å². The van der Waals surface area contributed by atoms with Crippen molar-refractivity contribution in [2.45, 2.75) is 31.2 Å². The number of aromatic nitrogens is 1. The lowest BCUT2D eigenvalue weighted by Gasteiger charge is -2.20. The molecule has 34 heavy (non-hydrogen) atoms. The molecule has 3 aromatic carbocycles. The minimum Gasteiger partial charge on any atom is -0.408 e. The summed E-state index contributed by atoms with van der Waals surface area (Å²) < 4.78 is 35.4. The molecule has 4 aromatic rings. The molecule has 4 rings (SSSR count). The zero-order valence-electron chi connectivity index (χ0n) is 19.0. The number of benzene rings is 3. The lowest BCUT2D eigenvalue weighted by Crippen LogP contribution is -2.45. The predicted molar refractivity (Wildman–Crippen MR) is 130 cm³/mol. The van der Waals surface area contributed by atoms with Crippen LogP contribution in [0, 0.1) is 13.8 Å². The number of amides is 1. The summed E-state index contributed by atoms with van der Waals surface area (Å²) >= 11 is 0. The van der Waals surface area contributed by atoms with Crippen molar-refractivity contribution >= 4 is 32.7 Å². The van der Waals surface area contributed by atoms with Gasteiger partial charge in [-0.3, -0.25) is 9.36 Å². The van der Waals surface area contributed by atoms with E-state index in [1.807, 2.05) is 56.3 Å². The number of oxazole rings is 1. The second-order valence-electron chi connectivity index (χ2n) is 8.16. The lowest BCUT2D eigenvalue weighted by atomic mass is 10.0. The van der Waals surface area contributed by atoms with Gasteiger partial charge in [-0.15, -0.1) is 0 Å². The Kier molecular flexibility index (Phi) is 6.41. The van der Waals surface area contributed by atoms with Crippen molar-refractivity contribution in [3.8, 4) is 0 Å². The van der Waals surface area contributed by atoms with Crippen LogP contribution in [-0.2, 0) is 28.3 Å². The summed E-state index contributed by atoms with van der Waals surface area (Å²) in [4.78, 5) is 24.9. The van der Waals surface area contributed by atoms with Gasteiger partial charge in [-0.25, -0.2) is 13.2 Å². The second-order valence-corrected chi connectivity index (χ2v) is 9.87. The first-order valence-electron chi connectivity index (χ1n) is 10.7. The summed E-state index contributed by atoms with van der Waals surface area (Å²) in [6.07, 6.45) is 0.152. The fourth-order valence-corrected chi connectivity index (χ4v) is 4.89. The third-order valence-electron chi connectivity index (χ3n) is 5.83. The Morgan fingerprint density at radius 3 is 2.50 bits per heavy atom. The topological polar surface area (TPSA) is 110 Å². The van der Waals surface area contributed by atoms with E-state index in [0.717, 1.165) is 16.7 Å². The molecule has 0 bridgehead atoms. The monoisotopic (exact) mass is 479 g/mol. The zero-order valence-corrected chi connectivity index (χ0v) is 19.8. The maximum Gasteiger partial charge on any atom is 0.419 e. The van der Waals surface area contributed by atoms with Gasteiger partial charge in [-0.05, 0) is 55.2 Å². The van der Waals surface area contributed by atoms with Crippen molar-refractivity contribution in [1.82, 2.24) is 9.29 Å². The molecule has 1 atom stereocenters. The minimum atomic E-state index is -4.11. The Morgan fingerprint density at radius 2 is 1.76 bits per heavy atom. The van der Waals surface area contributed by atoms with E-state index in [9.17, 15) is 18.0 Å². The molecule has 0 saturated heterocycles. The molecule has 0 saturated carbocycles. The Labute approximate surface area is 197 Å². The standard InChI is InChI=1S/C25H25N3O5S/c1-16-8-7-11-20(17(16)2)26-24(29)21(14-18-9-5-4-6-10-18)27-34(31,32)19-12-13-22-23(15-19)33-25(30)28(22)3/h4-13,15,21,27H,14H2,1-3H3,(H,26,29). The van der Waals surface area contributed by atoms with Crippen LogP contribution in [0.3, 0.4) is 0 Å². The van der Waals surface area contributed by atoms with Gasteiger partial charge >= 0.3 is 5.76 Å². The first-order chi connectivity index (χ1) is 16.2. The number of carbonyl (C=O) groups excluding carboxylic acids is 1. The van der Waals surface area contributed by atoms with Crippen LogP contribution in [0.2, 0.25) is 0 Å². The summed E-state index contributed by atoms with van der Waals surface area (Å²) in [5, 5.41) is 2.86. The van der Waals surface area contributed by atoms with Crippen LogP contribution >= 0.6 is 0 Å². The van der Waals surface area contributed by atoms with Gasteiger partial charge < -0.3 is 9.73 Å². The molecule has 1 aromatic heterocycles. The molecule has 0 radical (unpaired) electrons. The van der Waals surface area contributed by atoms with Gasteiger partial charge in [0.25, 0.3) is 0 Å². The lowest BCUT2D eigenvalue weighted by molar-refractivity contribution is -0.117. The summed E-state index contributed by atoms with van der Waals surface area (Å²) in [6.45, 7) is 3.83. The molecule has 0 aliphatic carbocycles. The number of rotatable bonds is 7. The van der Waals surface area contributed by atoms with Gasteiger partial charge in [0, 0.05) is 18.8 Å². The summed E-state index contributed by atoms with van der Waals surface area (Å²) in [7, 11) is -2.58. The van der Waals surface area contributed by atoms with Gasteiger partial charge in [-0.2, -0.15) is 4.72 Å². The van der Waals surface area contributed by atoms with E-state index in [1.54, 1.807) is 6.07 Å². The number of fused-ring (bicyclic) bond motifs is 1. The first-order valence-corrected chi connectivity index (χ1v) is 12.2. The number of hydrogen-bond acceptors (Lipinski definition) is 5. The Balaban J connectivity index is 1.66. The van der Waals surface area contributed by atoms with Crippen molar-refractivity contribution in [1.29, 1.82) is 0 Å². The maximum absolute atomic E-state index is 13.2. The van der Waals surface area contributed by atoms with E-state index in [4.69, 9.17) is 4.42 Å². The van der Waals surface area contributed by atoms with Gasteiger partial charge in [0.1, 0.15) is 6.04 Å². The Bertz CT molecular complexity index is 1520. The molecule has 1 amide bonds. The highest BCUT2D eigenvalue weighted by Gasteiger charge is 2.27. The Morgan fingerprint density at radius 1 is 1.03 bits per heavy atom. The molecule has 0 aliphatic rings. The van der Waals surface area contributed by atoms with Crippen molar-refractivity contribution < 1.29 is 17.6 Å². The summed E-state index contributed by atoms with van der Waals surface area (Å²) in [5.41, 5.74) is 3.95. The van der Waals surface area contributed by atoms with Crippen LogP contribution in [-0.4, -0.2) is 24.9 Å². The van der Waals surface area contributed by atoms with Gasteiger partial charge in [-0.1, -0.05) is 42.5 Å². The molecule has 176 valence electrons. The number of carbonyl (C=O) groups is 1. The largest absolute Gasteiger partial charge is 0.419 e. The fraction of sp³-hybridized carbons (Fsp3) is 0.200. The van der Waals surface area contributed by atoms with Crippen molar-refractivity contribution in [3.05, 3.63) is 94.0 Å². The third-order valence-corrected chi connectivity index (χ3v) is 7.30. The normalized spacial score (nSPS) is 12.6. The fourth-order valence-electron chi connectivity index (χ4n) is 3.68. The summed E-state index contributed by atoms with van der Waals surface area (Å²) in [6, 6.07) is 17.8. The quantitative estimate of drug-likeness (QED) is 0.423. The first kappa shape index (κ1) is 23.5. The van der Waals surface area contributed by atoms with Crippen molar-refractivity contribution in [3.63, 3.8) is 0 Å². The molecular weight excluding hydrogens is 454 g/mol. The average Bonchev–Trinajstić information content (AvgIpc) is 3.10. The molecule has 8 nitrogen and oxygen atoms in total. The van der Waals surface area contributed by atoms with E-state index in [1.165, 1.54) is 29.8 Å². The van der Waals surface area contributed by atoms with Gasteiger partial charge in [0.05, 0.1) is 10.4 Å². The number of sulfonamides is 1. The minimum absolute atomic E-state index is 0.105. The van der Waals surface area contributed by atoms with Crippen LogP contribution < -0.4 is 15.8 Å². The van der Waals surface area contributed by atoms with Gasteiger partial charge in [0.15, 0.2) is 5.58 Å². The van der Waals surface area contributed by atoms with Crippen LogP contribution in [0.4, 0.5) is 5.69 Å². The smallest absolute Gasteiger partial charge is 0.408 e. The number of anilines is 1. The van der Waals surface area contributed by atoms with E-state index in [0.29, 0.717) is 11.2 Å². The highest BCUT2D eigenvalue weighted by atomic mass is 32.2. The summed E-state index contributed by atoms with van der Waals surface area (Å²) in [5.74, 6) is -1.07. The van der Waals surface area contributed by atoms with E-state index < -0.39 is 27.7 Å². The van der Waals surface area contributed by atoms with E-state index in [2.05, 4.69) is 10.0 Å².